The summed E-state index contributed by atoms with van der Waals surface area (Å²) in [6, 6.07) is 0.155. The van der Waals surface area contributed by atoms with Gasteiger partial charge in [-0.1, -0.05) is 6.58 Å². The molecule has 0 aromatic carbocycles. The highest BCUT2D eigenvalue weighted by Gasteiger charge is 2.17. The summed E-state index contributed by atoms with van der Waals surface area (Å²) < 4.78 is 5.69. The van der Waals surface area contributed by atoms with Crippen molar-refractivity contribution in [3.63, 3.8) is 0 Å². The Hall–Kier alpha value is -2.68. The van der Waals surface area contributed by atoms with Crippen molar-refractivity contribution in [1.82, 2.24) is 9.55 Å². The van der Waals surface area contributed by atoms with E-state index >= 15 is 0 Å². The van der Waals surface area contributed by atoms with Gasteiger partial charge in [-0.15, -0.1) is 0 Å². The molecule has 0 bridgehead atoms. The zero-order valence-corrected chi connectivity index (χ0v) is 11.2. The van der Waals surface area contributed by atoms with Gasteiger partial charge in [-0.25, -0.2) is 19.1 Å². The number of carbonyl (C=O) groups excluding carboxylic acids is 2. The minimum absolute atomic E-state index is 0.00671. The second-order valence-electron chi connectivity index (χ2n) is 3.94. The number of nitrogens with zero attached hydrogens (tertiary/aromatic N) is 2. The molecular formula is C12H16N4O5. The molecule has 1 aromatic heterocycles. The van der Waals surface area contributed by atoms with E-state index < -0.39 is 17.6 Å². The van der Waals surface area contributed by atoms with Gasteiger partial charge in [0.25, 0.3) is 5.56 Å². The average Bonchev–Trinajstić information content (AvgIpc) is 2.42. The van der Waals surface area contributed by atoms with Crippen molar-refractivity contribution in [2.75, 3.05) is 18.5 Å². The van der Waals surface area contributed by atoms with Gasteiger partial charge < -0.3 is 15.6 Å². The maximum atomic E-state index is 11.8. The molecule has 0 unspecified atom stereocenters. The summed E-state index contributed by atoms with van der Waals surface area (Å²) in [5, 5.41) is 10.7. The zero-order chi connectivity index (χ0) is 15.8. The Morgan fingerprint density at radius 2 is 2.19 bits per heavy atom. The number of primary amides is 1. The minimum Gasteiger partial charge on any atom is -0.461 e. The van der Waals surface area contributed by atoms with Crippen LogP contribution in [0.4, 0.5) is 10.7 Å². The van der Waals surface area contributed by atoms with E-state index in [1.54, 1.807) is 0 Å². The number of ether oxygens (including phenoxy) is 1. The fourth-order valence-electron chi connectivity index (χ4n) is 1.42. The topological polar surface area (TPSA) is 137 Å². The molecule has 0 aliphatic heterocycles. The Morgan fingerprint density at radius 3 is 2.81 bits per heavy atom. The van der Waals surface area contributed by atoms with Gasteiger partial charge in [0.1, 0.15) is 5.70 Å². The van der Waals surface area contributed by atoms with Gasteiger partial charge in [0.05, 0.1) is 6.61 Å². The number of nitrogens with one attached hydrogen (secondary N) is 1. The third kappa shape index (κ3) is 4.73. The molecule has 0 saturated carbocycles. The molecule has 114 valence electrons. The number of carbonyl (C=O) groups is 2. The monoisotopic (exact) mass is 296 g/mol. The maximum absolute atomic E-state index is 11.8. The van der Waals surface area contributed by atoms with Crippen molar-refractivity contribution in [3.8, 4) is 0 Å². The van der Waals surface area contributed by atoms with Crippen molar-refractivity contribution in [1.29, 1.82) is 0 Å². The van der Waals surface area contributed by atoms with E-state index in [1.807, 2.05) is 0 Å². The number of aromatic nitrogens is 2. The van der Waals surface area contributed by atoms with Crippen LogP contribution in [0.25, 0.3) is 5.70 Å². The number of unbranched alkanes of at least 4 members (excludes halogenated alkanes) is 1. The van der Waals surface area contributed by atoms with E-state index in [0.717, 1.165) is 16.8 Å². The summed E-state index contributed by atoms with van der Waals surface area (Å²) in [6.45, 7) is 3.53. The van der Waals surface area contributed by atoms with Crippen molar-refractivity contribution < 1.29 is 19.4 Å². The number of aliphatic hydroxyl groups is 1. The Bertz CT molecular complexity index is 596. The number of amides is 2. The summed E-state index contributed by atoms with van der Waals surface area (Å²) in [6.07, 6.45) is 2.12. The molecule has 0 radical (unpaired) electrons. The normalized spacial score (nSPS) is 9.95. The lowest BCUT2D eigenvalue weighted by Gasteiger charge is -2.12. The number of esters is 1. The Balaban J connectivity index is 2.88. The SMILES string of the molecule is C=C(C(=O)OCCCCO)n1c(NC(N)=O)nccc1=O. The molecule has 0 aliphatic carbocycles. The molecule has 1 rings (SSSR count). The number of hydrogen-bond acceptors (Lipinski definition) is 6. The van der Waals surface area contributed by atoms with Crippen LogP contribution < -0.4 is 16.6 Å². The molecular weight excluding hydrogens is 280 g/mol. The number of hydrogen-bond donors (Lipinski definition) is 3. The van der Waals surface area contributed by atoms with E-state index in [1.165, 1.54) is 0 Å². The predicted octanol–water partition coefficient (Wildman–Crippen LogP) is -0.480. The Kier molecular flexibility index (Phi) is 6.08. The number of urea groups is 1. The van der Waals surface area contributed by atoms with Crippen LogP contribution in [0, 0.1) is 0 Å². The van der Waals surface area contributed by atoms with Crippen molar-refractivity contribution in [2.45, 2.75) is 12.8 Å². The average molecular weight is 296 g/mol. The predicted molar refractivity (Wildman–Crippen MR) is 74.3 cm³/mol. The molecule has 0 saturated heterocycles. The molecule has 0 spiro atoms. The smallest absolute Gasteiger partial charge is 0.354 e. The largest absolute Gasteiger partial charge is 0.461 e. The number of anilines is 1. The van der Waals surface area contributed by atoms with E-state index in [9.17, 15) is 14.4 Å². The van der Waals surface area contributed by atoms with Crippen LogP contribution in [-0.4, -0.2) is 39.9 Å². The van der Waals surface area contributed by atoms with Crippen LogP contribution in [0.15, 0.2) is 23.6 Å². The van der Waals surface area contributed by atoms with Crippen LogP contribution in [0.3, 0.4) is 0 Å². The Labute approximate surface area is 120 Å². The van der Waals surface area contributed by atoms with Crippen LogP contribution in [0.2, 0.25) is 0 Å². The maximum Gasteiger partial charge on any atom is 0.354 e. The summed E-state index contributed by atoms with van der Waals surface area (Å²) in [5.74, 6) is -1.07. The first-order valence-corrected chi connectivity index (χ1v) is 6.09. The van der Waals surface area contributed by atoms with E-state index in [0.29, 0.717) is 12.8 Å². The van der Waals surface area contributed by atoms with Gasteiger partial charge in [0, 0.05) is 18.9 Å². The highest BCUT2D eigenvalue weighted by Crippen LogP contribution is 2.08. The molecule has 4 N–H and O–H groups in total. The lowest BCUT2D eigenvalue weighted by Crippen LogP contribution is -2.30. The fraction of sp³-hybridized carbons (Fsp3) is 0.333. The second kappa shape index (κ2) is 7.80. The van der Waals surface area contributed by atoms with Gasteiger partial charge in [-0.05, 0) is 12.8 Å². The summed E-state index contributed by atoms with van der Waals surface area (Å²) in [4.78, 5) is 38.2. The molecule has 21 heavy (non-hydrogen) atoms. The Morgan fingerprint density at radius 1 is 1.48 bits per heavy atom. The molecule has 0 fully saturated rings. The van der Waals surface area contributed by atoms with Gasteiger partial charge in [0.15, 0.2) is 0 Å². The molecule has 0 atom stereocenters. The van der Waals surface area contributed by atoms with Crippen LogP contribution in [0.5, 0.6) is 0 Å². The van der Waals surface area contributed by atoms with E-state index in [4.69, 9.17) is 15.6 Å². The summed E-state index contributed by atoms with van der Waals surface area (Å²) >= 11 is 0. The first-order valence-electron chi connectivity index (χ1n) is 6.09. The van der Waals surface area contributed by atoms with Crippen LogP contribution in [-0.2, 0) is 9.53 Å². The first kappa shape index (κ1) is 16.4. The highest BCUT2D eigenvalue weighted by atomic mass is 16.5. The molecule has 9 heteroatoms. The van der Waals surface area contributed by atoms with Crippen LogP contribution >= 0.6 is 0 Å². The number of nitrogens with two attached hydrogens (primary N) is 1. The van der Waals surface area contributed by atoms with Gasteiger partial charge in [-0.2, -0.15) is 0 Å². The molecule has 2 amide bonds. The van der Waals surface area contributed by atoms with E-state index in [-0.39, 0.29) is 24.9 Å². The zero-order valence-electron chi connectivity index (χ0n) is 11.2. The van der Waals surface area contributed by atoms with Gasteiger partial charge >= 0.3 is 12.0 Å². The standard InChI is InChI=1S/C12H16N4O5/c1-8(10(19)21-7-3-2-6-17)16-9(18)4-5-14-12(16)15-11(13)20/h4-5,17H,1-3,6-7H2,(H3,13,14,15,20). The van der Waals surface area contributed by atoms with Gasteiger partial charge in [-0.3, -0.25) is 10.1 Å². The molecule has 1 heterocycles. The van der Waals surface area contributed by atoms with Gasteiger partial charge in [0.2, 0.25) is 5.95 Å². The quantitative estimate of drug-likeness (QED) is 0.353. The summed E-state index contributed by atoms with van der Waals surface area (Å²) in [7, 11) is 0. The van der Waals surface area contributed by atoms with E-state index in [2.05, 4.69) is 16.9 Å². The third-order valence-electron chi connectivity index (χ3n) is 2.37. The minimum atomic E-state index is -0.939. The number of rotatable bonds is 7. The number of aliphatic hydroxyl groups excluding tert-OH is 1. The molecule has 9 nitrogen and oxygen atoms in total. The lowest BCUT2D eigenvalue weighted by molar-refractivity contribution is -0.137. The molecule has 0 aliphatic rings. The summed E-state index contributed by atoms with van der Waals surface area (Å²) in [5.41, 5.74) is 4.03. The lowest BCUT2D eigenvalue weighted by atomic mass is 10.3. The van der Waals surface area contributed by atoms with Crippen LogP contribution in [0.1, 0.15) is 12.8 Å². The van der Waals surface area contributed by atoms with Crippen molar-refractivity contribution in [2.24, 2.45) is 5.73 Å². The second-order valence-corrected chi connectivity index (χ2v) is 3.94. The van der Waals surface area contributed by atoms with Crippen molar-refractivity contribution >= 4 is 23.6 Å². The molecule has 1 aromatic rings. The van der Waals surface area contributed by atoms with Crippen molar-refractivity contribution in [3.05, 3.63) is 29.2 Å². The third-order valence-corrected chi connectivity index (χ3v) is 2.37. The highest BCUT2D eigenvalue weighted by molar-refractivity contribution is 6.09. The first-order chi connectivity index (χ1) is 9.97. The fourth-order valence-corrected chi connectivity index (χ4v) is 1.42.